The lowest BCUT2D eigenvalue weighted by molar-refractivity contribution is -0.122. The number of nitrogens with one attached hydrogen (secondary N) is 1. The van der Waals surface area contributed by atoms with Gasteiger partial charge in [0.1, 0.15) is 0 Å². The van der Waals surface area contributed by atoms with E-state index in [9.17, 15) is 9.59 Å². The molecule has 28 heavy (non-hydrogen) atoms. The summed E-state index contributed by atoms with van der Waals surface area (Å²) in [6.45, 7) is 8.82. The molecule has 1 aliphatic heterocycles. The molecule has 1 aliphatic rings. The topological polar surface area (TPSA) is 49.4 Å². The van der Waals surface area contributed by atoms with E-state index >= 15 is 0 Å². The molecule has 3 rings (SSSR count). The van der Waals surface area contributed by atoms with Crippen LogP contribution in [0.2, 0.25) is 5.02 Å². The lowest BCUT2D eigenvalue weighted by Crippen LogP contribution is -2.29. The van der Waals surface area contributed by atoms with Crippen LogP contribution in [-0.2, 0) is 9.59 Å². The van der Waals surface area contributed by atoms with E-state index in [4.69, 9.17) is 11.6 Å². The molecule has 1 heterocycles. The standard InChI is InChI=1S/C23H27ClN2O2/c1-14(2)17-8-7-9-18(15(3)4)22(17)25-23(28)16-12-21(27)26(13-16)20-11-6-5-10-19(20)24/h5-11,14-16H,12-13H2,1-4H3,(H,25,28)/t16-/m1/s1. The normalized spacial score (nSPS) is 16.9. The number of anilines is 2. The first kappa shape index (κ1) is 20.4. The van der Waals surface area contributed by atoms with Crippen molar-refractivity contribution in [3.8, 4) is 0 Å². The summed E-state index contributed by atoms with van der Waals surface area (Å²) in [5.41, 5.74) is 3.79. The van der Waals surface area contributed by atoms with Gasteiger partial charge in [-0.25, -0.2) is 0 Å². The molecule has 0 saturated carbocycles. The quantitative estimate of drug-likeness (QED) is 0.714. The number of nitrogens with zero attached hydrogens (tertiary/aromatic N) is 1. The summed E-state index contributed by atoms with van der Waals surface area (Å²) in [6, 6.07) is 13.4. The Morgan fingerprint density at radius 2 is 1.64 bits per heavy atom. The molecule has 0 bridgehead atoms. The Labute approximate surface area is 171 Å². The minimum atomic E-state index is -0.399. The minimum Gasteiger partial charge on any atom is -0.325 e. The molecule has 1 saturated heterocycles. The predicted molar refractivity (Wildman–Crippen MR) is 115 cm³/mol. The number of carbonyl (C=O) groups excluding carboxylic acids is 2. The summed E-state index contributed by atoms with van der Waals surface area (Å²) in [5.74, 6) is -0.00551. The zero-order valence-electron chi connectivity index (χ0n) is 16.8. The molecule has 1 N–H and O–H groups in total. The number of benzene rings is 2. The Hall–Kier alpha value is -2.33. The zero-order valence-corrected chi connectivity index (χ0v) is 17.6. The van der Waals surface area contributed by atoms with Crippen LogP contribution in [0.1, 0.15) is 57.1 Å². The Morgan fingerprint density at radius 1 is 1.04 bits per heavy atom. The molecule has 0 spiro atoms. The van der Waals surface area contributed by atoms with E-state index < -0.39 is 5.92 Å². The van der Waals surface area contributed by atoms with E-state index in [2.05, 4.69) is 45.1 Å². The van der Waals surface area contributed by atoms with Crippen LogP contribution in [0, 0.1) is 5.92 Å². The van der Waals surface area contributed by atoms with Crippen molar-refractivity contribution < 1.29 is 9.59 Å². The molecule has 2 aromatic rings. The molecule has 0 radical (unpaired) electrons. The molecule has 1 atom stereocenters. The predicted octanol–water partition coefficient (Wildman–Crippen LogP) is 5.58. The first-order valence-electron chi connectivity index (χ1n) is 9.78. The van der Waals surface area contributed by atoms with Crippen LogP contribution < -0.4 is 10.2 Å². The van der Waals surface area contributed by atoms with Crippen LogP contribution in [0.3, 0.4) is 0 Å². The summed E-state index contributed by atoms with van der Waals surface area (Å²) in [5, 5.41) is 3.66. The molecule has 1 fully saturated rings. The van der Waals surface area contributed by atoms with Gasteiger partial charge < -0.3 is 10.2 Å². The number of halogens is 1. The lowest BCUT2D eigenvalue weighted by Gasteiger charge is -2.22. The van der Waals surface area contributed by atoms with Gasteiger partial charge in [-0.15, -0.1) is 0 Å². The van der Waals surface area contributed by atoms with E-state index in [-0.39, 0.29) is 18.2 Å². The van der Waals surface area contributed by atoms with Crippen LogP contribution in [-0.4, -0.2) is 18.4 Å². The third-order valence-electron chi connectivity index (χ3n) is 5.26. The van der Waals surface area contributed by atoms with Gasteiger partial charge in [0.15, 0.2) is 0 Å². The first-order valence-corrected chi connectivity index (χ1v) is 10.2. The van der Waals surface area contributed by atoms with E-state index in [1.54, 1.807) is 11.0 Å². The van der Waals surface area contributed by atoms with E-state index in [0.717, 1.165) is 16.8 Å². The molecular formula is C23H27ClN2O2. The monoisotopic (exact) mass is 398 g/mol. The maximum atomic E-state index is 13.0. The molecule has 0 unspecified atom stereocenters. The summed E-state index contributed by atoms with van der Waals surface area (Å²) in [6.07, 6.45) is 0.192. The number of hydrogen-bond acceptors (Lipinski definition) is 2. The molecular weight excluding hydrogens is 372 g/mol. The summed E-state index contributed by atoms with van der Waals surface area (Å²) in [7, 11) is 0. The highest BCUT2D eigenvalue weighted by molar-refractivity contribution is 6.33. The maximum Gasteiger partial charge on any atom is 0.229 e. The fourth-order valence-electron chi connectivity index (χ4n) is 3.71. The van der Waals surface area contributed by atoms with Crippen molar-refractivity contribution in [3.05, 3.63) is 58.6 Å². The molecule has 0 aromatic heterocycles. The molecule has 2 amide bonds. The smallest absolute Gasteiger partial charge is 0.229 e. The maximum absolute atomic E-state index is 13.0. The van der Waals surface area contributed by atoms with Gasteiger partial charge in [0.2, 0.25) is 11.8 Å². The van der Waals surface area contributed by atoms with E-state index in [0.29, 0.717) is 29.1 Å². The van der Waals surface area contributed by atoms with Crippen molar-refractivity contribution in [2.45, 2.75) is 46.0 Å². The number of para-hydroxylation sites is 2. The number of hydrogen-bond donors (Lipinski definition) is 1. The Balaban J connectivity index is 1.83. The van der Waals surface area contributed by atoms with Crippen molar-refractivity contribution in [2.75, 3.05) is 16.8 Å². The first-order chi connectivity index (χ1) is 13.3. The Kier molecular flexibility index (Phi) is 6.09. The fraction of sp³-hybridized carbons (Fsp3) is 0.391. The molecule has 4 nitrogen and oxygen atoms in total. The van der Waals surface area contributed by atoms with Crippen LogP contribution >= 0.6 is 11.6 Å². The van der Waals surface area contributed by atoms with Crippen molar-refractivity contribution in [3.63, 3.8) is 0 Å². The van der Waals surface area contributed by atoms with Gasteiger partial charge in [0.25, 0.3) is 0 Å². The van der Waals surface area contributed by atoms with Crippen LogP contribution in [0.5, 0.6) is 0 Å². The highest BCUT2D eigenvalue weighted by Crippen LogP contribution is 2.35. The average molecular weight is 399 g/mol. The van der Waals surface area contributed by atoms with E-state index in [1.807, 2.05) is 24.3 Å². The Morgan fingerprint density at radius 3 is 2.21 bits per heavy atom. The molecule has 5 heteroatoms. The van der Waals surface area contributed by atoms with Crippen LogP contribution in [0.25, 0.3) is 0 Å². The van der Waals surface area contributed by atoms with Gasteiger partial charge in [-0.1, -0.05) is 69.6 Å². The van der Waals surface area contributed by atoms with Crippen molar-refractivity contribution in [1.82, 2.24) is 0 Å². The van der Waals surface area contributed by atoms with E-state index in [1.165, 1.54) is 0 Å². The zero-order chi connectivity index (χ0) is 20.4. The van der Waals surface area contributed by atoms with Gasteiger partial charge in [0.05, 0.1) is 16.6 Å². The molecule has 2 aromatic carbocycles. The highest BCUT2D eigenvalue weighted by atomic mass is 35.5. The second-order valence-electron chi connectivity index (χ2n) is 7.97. The van der Waals surface area contributed by atoms with Crippen molar-refractivity contribution in [1.29, 1.82) is 0 Å². The largest absolute Gasteiger partial charge is 0.325 e. The van der Waals surface area contributed by atoms with Crippen LogP contribution in [0.15, 0.2) is 42.5 Å². The number of rotatable bonds is 5. The molecule has 0 aliphatic carbocycles. The molecule has 148 valence electrons. The number of carbonyl (C=O) groups is 2. The third kappa shape index (κ3) is 4.07. The number of amides is 2. The van der Waals surface area contributed by atoms with Gasteiger partial charge in [0, 0.05) is 18.7 Å². The minimum absolute atomic E-state index is 0.0746. The highest BCUT2D eigenvalue weighted by Gasteiger charge is 2.36. The van der Waals surface area contributed by atoms with Gasteiger partial charge in [-0.3, -0.25) is 9.59 Å². The second kappa shape index (κ2) is 8.36. The third-order valence-corrected chi connectivity index (χ3v) is 5.58. The average Bonchev–Trinajstić information content (AvgIpc) is 3.03. The van der Waals surface area contributed by atoms with Gasteiger partial charge in [-0.2, -0.15) is 0 Å². The Bertz CT molecular complexity index is 866. The van der Waals surface area contributed by atoms with Crippen molar-refractivity contribution in [2.24, 2.45) is 5.92 Å². The lowest BCUT2D eigenvalue weighted by atomic mass is 9.92. The van der Waals surface area contributed by atoms with Gasteiger partial charge >= 0.3 is 0 Å². The van der Waals surface area contributed by atoms with Crippen molar-refractivity contribution >= 4 is 34.8 Å². The second-order valence-corrected chi connectivity index (χ2v) is 8.37. The van der Waals surface area contributed by atoms with Crippen LogP contribution in [0.4, 0.5) is 11.4 Å². The van der Waals surface area contributed by atoms with Gasteiger partial charge in [-0.05, 0) is 35.1 Å². The summed E-state index contributed by atoms with van der Waals surface area (Å²) in [4.78, 5) is 27.2. The summed E-state index contributed by atoms with van der Waals surface area (Å²) < 4.78 is 0. The SMILES string of the molecule is CC(C)c1cccc(C(C)C)c1NC(=O)[C@@H]1CC(=O)N(c2ccccc2Cl)C1. The summed E-state index contributed by atoms with van der Waals surface area (Å²) >= 11 is 6.24. The fourth-order valence-corrected chi connectivity index (χ4v) is 3.95.